The Hall–Kier alpha value is -0.960. The Bertz CT molecular complexity index is 543. The van der Waals surface area contributed by atoms with Gasteiger partial charge in [0.1, 0.15) is 11.5 Å². The molecule has 0 bridgehead atoms. The standard InChI is InChI=1S/C14H15Cl2NO/c1-8-7-10(9(2)18-8)14(17-3)13-11(15)5-4-6-12(13)16/h4-7,14,17H,1-3H3. The first kappa shape index (κ1) is 13.5. The molecule has 0 aliphatic heterocycles. The second-order valence-electron chi connectivity index (χ2n) is 4.23. The van der Waals surface area contributed by atoms with Gasteiger partial charge in [-0.15, -0.1) is 0 Å². The molecule has 0 spiro atoms. The van der Waals surface area contributed by atoms with E-state index in [2.05, 4.69) is 5.32 Å². The molecule has 0 saturated heterocycles. The van der Waals surface area contributed by atoms with Gasteiger partial charge in [0.2, 0.25) is 0 Å². The SMILES string of the molecule is CNC(c1cc(C)oc1C)c1c(Cl)cccc1Cl. The van der Waals surface area contributed by atoms with Gasteiger partial charge in [0.05, 0.1) is 6.04 Å². The van der Waals surface area contributed by atoms with Gasteiger partial charge in [0.15, 0.2) is 0 Å². The zero-order valence-electron chi connectivity index (χ0n) is 10.6. The Balaban J connectivity index is 2.55. The second-order valence-corrected chi connectivity index (χ2v) is 5.04. The van der Waals surface area contributed by atoms with Gasteiger partial charge in [-0.05, 0) is 39.1 Å². The van der Waals surface area contributed by atoms with Crippen LogP contribution in [0, 0.1) is 13.8 Å². The molecule has 18 heavy (non-hydrogen) atoms. The lowest BCUT2D eigenvalue weighted by atomic mass is 9.99. The largest absolute Gasteiger partial charge is 0.466 e. The van der Waals surface area contributed by atoms with E-state index in [0.717, 1.165) is 22.6 Å². The highest BCUT2D eigenvalue weighted by atomic mass is 35.5. The second kappa shape index (κ2) is 5.35. The summed E-state index contributed by atoms with van der Waals surface area (Å²) in [5.41, 5.74) is 1.94. The lowest BCUT2D eigenvalue weighted by Crippen LogP contribution is -2.18. The molecule has 1 N–H and O–H groups in total. The molecular formula is C14H15Cl2NO. The van der Waals surface area contributed by atoms with Gasteiger partial charge < -0.3 is 9.73 Å². The highest BCUT2D eigenvalue weighted by Gasteiger charge is 2.22. The molecule has 1 aromatic carbocycles. The van der Waals surface area contributed by atoms with Gasteiger partial charge in [0, 0.05) is 21.2 Å². The maximum absolute atomic E-state index is 6.26. The summed E-state index contributed by atoms with van der Waals surface area (Å²) in [6, 6.07) is 7.47. The van der Waals surface area contributed by atoms with Crippen molar-refractivity contribution in [3.05, 3.63) is 57.0 Å². The van der Waals surface area contributed by atoms with Crippen molar-refractivity contribution in [2.45, 2.75) is 19.9 Å². The third-order valence-corrected chi connectivity index (χ3v) is 3.63. The first-order valence-electron chi connectivity index (χ1n) is 5.72. The molecule has 1 aromatic heterocycles. The summed E-state index contributed by atoms with van der Waals surface area (Å²) < 4.78 is 5.57. The summed E-state index contributed by atoms with van der Waals surface area (Å²) in [7, 11) is 1.88. The van der Waals surface area contributed by atoms with E-state index in [1.54, 1.807) is 0 Å². The van der Waals surface area contributed by atoms with Crippen LogP contribution in [-0.2, 0) is 0 Å². The van der Waals surface area contributed by atoms with Gasteiger partial charge in [-0.1, -0.05) is 29.3 Å². The Kier molecular flexibility index (Phi) is 4.00. The van der Waals surface area contributed by atoms with Crippen LogP contribution in [0.4, 0.5) is 0 Å². The topological polar surface area (TPSA) is 25.2 Å². The number of furan rings is 1. The van der Waals surface area contributed by atoms with Crippen LogP contribution in [-0.4, -0.2) is 7.05 Å². The summed E-state index contributed by atoms with van der Waals surface area (Å²) in [5.74, 6) is 1.76. The number of halogens is 2. The Morgan fingerprint density at radius 3 is 2.22 bits per heavy atom. The van der Waals surface area contributed by atoms with Gasteiger partial charge in [0.25, 0.3) is 0 Å². The predicted octanol–water partition coefficient (Wildman–Crippen LogP) is 4.51. The van der Waals surface area contributed by atoms with Crippen molar-refractivity contribution in [2.75, 3.05) is 7.05 Å². The van der Waals surface area contributed by atoms with Crippen molar-refractivity contribution in [3.8, 4) is 0 Å². The summed E-state index contributed by atoms with van der Waals surface area (Å²) in [6.45, 7) is 3.87. The number of hydrogen-bond acceptors (Lipinski definition) is 2. The van der Waals surface area contributed by atoms with Gasteiger partial charge in [-0.3, -0.25) is 0 Å². The fraction of sp³-hybridized carbons (Fsp3) is 0.286. The van der Waals surface area contributed by atoms with Crippen LogP contribution in [0.5, 0.6) is 0 Å². The van der Waals surface area contributed by atoms with Crippen molar-refractivity contribution >= 4 is 23.2 Å². The molecule has 1 unspecified atom stereocenters. The van der Waals surface area contributed by atoms with Crippen molar-refractivity contribution in [1.29, 1.82) is 0 Å². The van der Waals surface area contributed by atoms with Crippen LogP contribution in [0.25, 0.3) is 0 Å². The fourth-order valence-electron chi connectivity index (χ4n) is 2.18. The lowest BCUT2D eigenvalue weighted by molar-refractivity contribution is 0.497. The highest BCUT2D eigenvalue weighted by molar-refractivity contribution is 6.36. The van der Waals surface area contributed by atoms with E-state index in [1.165, 1.54) is 0 Å². The van der Waals surface area contributed by atoms with Crippen LogP contribution >= 0.6 is 23.2 Å². The minimum atomic E-state index is -0.0661. The number of rotatable bonds is 3. The minimum absolute atomic E-state index is 0.0661. The van der Waals surface area contributed by atoms with Crippen molar-refractivity contribution < 1.29 is 4.42 Å². The average Bonchev–Trinajstić information content (AvgIpc) is 2.63. The third-order valence-electron chi connectivity index (χ3n) is 2.97. The van der Waals surface area contributed by atoms with E-state index < -0.39 is 0 Å². The highest BCUT2D eigenvalue weighted by Crippen LogP contribution is 2.35. The summed E-state index contributed by atoms with van der Waals surface area (Å²) >= 11 is 12.5. The molecule has 0 aliphatic carbocycles. The summed E-state index contributed by atoms with van der Waals surface area (Å²) in [4.78, 5) is 0. The first-order chi connectivity index (χ1) is 8.54. The number of benzene rings is 1. The molecule has 1 atom stereocenters. The van der Waals surface area contributed by atoms with Gasteiger partial charge in [-0.2, -0.15) is 0 Å². The Morgan fingerprint density at radius 2 is 1.78 bits per heavy atom. The van der Waals surface area contributed by atoms with Crippen LogP contribution < -0.4 is 5.32 Å². The molecule has 0 fully saturated rings. The molecule has 0 saturated carbocycles. The molecule has 0 radical (unpaired) electrons. The van der Waals surface area contributed by atoms with Crippen molar-refractivity contribution in [3.63, 3.8) is 0 Å². The Labute approximate surface area is 117 Å². The molecule has 2 rings (SSSR count). The average molecular weight is 284 g/mol. The summed E-state index contributed by atoms with van der Waals surface area (Å²) in [6.07, 6.45) is 0. The monoisotopic (exact) mass is 283 g/mol. The van der Waals surface area contributed by atoms with E-state index in [0.29, 0.717) is 10.0 Å². The molecule has 96 valence electrons. The number of hydrogen-bond donors (Lipinski definition) is 1. The Morgan fingerprint density at radius 1 is 1.17 bits per heavy atom. The molecule has 0 amide bonds. The molecule has 0 aliphatic rings. The molecule has 1 heterocycles. The van der Waals surface area contributed by atoms with E-state index in [4.69, 9.17) is 27.6 Å². The normalized spacial score (nSPS) is 12.7. The molecular weight excluding hydrogens is 269 g/mol. The fourth-order valence-corrected chi connectivity index (χ4v) is 2.79. The van der Waals surface area contributed by atoms with Crippen LogP contribution in [0.1, 0.15) is 28.7 Å². The maximum atomic E-state index is 6.26. The predicted molar refractivity (Wildman–Crippen MR) is 75.5 cm³/mol. The van der Waals surface area contributed by atoms with Crippen LogP contribution in [0.3, 0.4) is 0 Å². The number of aryl methyl sites for hydroxylation is 2. The van der Waals surface area contributed by atoms with E-state index in [-0.39, 0.29) is 6.04 Å². The van der Waals surface area contributed by atoms with Crippen molar-refractivity contribution in [2.24, 2.45) is 0 Å². The van der Waals surface area contributed by atoms with E-state index >= 15 is 0 Å². The third kappa shape index (κ3) is 2.41. The molecule has 2 nitrogen and oxygen atoms in total. The van der Waals surface area contributed by atoms with Crippen LogP contribution in [0.15, 0.2) is 28.7 Å². The van der Waals surface area contributed by atoms with Gasteiger partial charge >= 0.3 is 0 Å². The zero-order chi connectivity index (χ0) is 13.3. The lowest BCUT2D eigenvalue weighted by Gasteiger charge is -2.19. The molecule has 2 aromatic rings. The zero-order valence-corrected chi connectivity index (χ0v) is 12.1. The quantitative estimate of drug-likeness (QED) is 0.897. The number of nitrogens with one attached hydrogen (secondary N) is 1. The summed E-state index contributed by atoms with van der Waals surface area (Å²) in [5, 5.41) is 4.55. The van der Waals surface area contributed by atoms with Gasteiger partial charge in [-0.25, -0.2) is 0 Å². The van der Waals surface area contributed by atoms with Crippen molar-refractivity contribution in [1.82, 2.24) is 5.32 Å². The van der Waals surface area contributed by atoms with Crippen LogP contribution in [0.2, 0.25) is 10.0 Å². The van der Waals surface area contributed by atoms with E-state index in [9.17, 15) is 0 Å². The van der Waals surface area contributed by atoms with E-state index in [1.807, 2.05) is 45.2 Å². The minimum Gasteiger partial charge on any atom is -0.466 e. The smallest absolute Gasteiger partial charge is 0.106 e. The maximum Gasteiger partial charge on any atom is 0.106 e. The first-order valence-corrected chi connectivity index (χ1v) is 6.48. The molecule has 4 heteroatoms.